The third kappa shape index (κ3) is 4.66. The molecule has 0 unspecified atom stereocenters. The molecule has 0 saturated carbocycles. The lowest BCUT2D eigenvalue weighted by molar-refractivity contribution is -0.137. The molecule has 1 heterocycles. The molecule has 0 aromatic heterocycles. The van der Waals surface area contributed by atoms with Gasteiger partial charge in [0.05, 0.1) is 22.8 Å². The van der Waals surface area contributed by atoms with E-state index < -0.39 is 11.7 Å². The predicted octanol–water partition coefficient (Wildman–Crippen LogP) is 5.34. The summed E-state index contributed by atoms with van der Waals surface area (Å²) in [6, 6.07) is 9.21. The molecule has 5 nitrogen and oxygen atoms in total. The monoisotopic (exact) mass is 408 g/mol. The third-order valence-corrected chi connectivity index (χ3v) is 4.47. The average Bonchev–Trinajstić information content (AvgIpc) is 2.96. The number of amidine groups is 1. The van der Waals surface area contributed by atoms with Gasteiger partial charge in [0.1, 0.15) is 5.84 Å². The molecule has 2 aromatic carbocycles. The summed E-state index contributed by atoms with van der Waals surface area (Å²) in [5.41, 5.74) is -0.118. The van der Waals surface area contributed by atoms with E-state index in [1.165, 1.54) is 18.2 Å². The number of hydrogen-bond donors (Lipinski definition) is 2. The van der Waals surface area contributed by atoms with E-state index in [1.807, 2.05) is 0 Å². The Bertz CT molecular complexity index is 971. The highest BCUT2D eigenvalue weighted by Gasteiger charge is 2.30. The smallest absolute Gasteiger partial charge is 0.416 e. The van der Waals surface area contributed by atoms with Crippen LogP contribution >= 0.6 is 11.8 Å². The van der Waals surface area contributed by atoms with Crippen LogP contribution in [-0.2, 0) is 6.18 Å². The van der Waals surface area contributed by atoms with E-state index in [4.69, 9.17) is 4.74 Å². The largest absolute Gasteiger partial charge is 0.504 e. The summed E-state index contributed by atoms with van der Waals surface area (Å²) >= 11 is 0.876. The van der Waals surface area contributed by atoms with Crippen molar-refractivity contribution >= 4 is 34.6 Å². The van der Waals surface area contributed by atoms with Crippen LogP contribution < -0.4 is 10.1 Å². The van der Waals surface area contributed by atoms with Crippen molar-refractivity contribution in [2.45, 2.75) is 13.1 Å². The number of rotatable bonds is 4. The molecular weight excluding hydrogens is 393 g/mol. The standard InChI is InChI=1S/C19H15F3N2O3S/c1-2-27-15-8-11(6-7-14(15)25)9-16-17(24-18(26)28-16)23-13-5-3-4-12(10-13)19(20,21)22/h3-10,25H,2H2,1H3,(H,23,24,26)/b16-9-. The van der Waals surface area contributed by atoms with Gasteiger partial charge in [-0.3, -0.25) is 4.79 Å². The summed E-state index contributed by atoms with van der Waals surface area (Å²) in [5.74, 6) is 0.422. The van der Waals surface area contributed by atoms with Crippen LogP contribution in [0.5, 0.6) is 11.5 Å². The molecule has 9 heteroatoms. The van der Waals surface area contributed by atoms with Gasteiger partial charge in [-0.1, -0.05) is 12.1 Å². The topological polar surface area (TPSA) is 70.9 Å². The van der Waals surface area contributed by atoms with Crippen LogP contribution in [0.25, 0.3) is 6.08 Å². The second-order valence-electron chi connectivity index (χ2n) is 5.69. The molecular formula is C19H15F3N2O3S. The van der Waals surface area contributed by atoms with Crippen LogP contribution in [0.4, 0.5) is 23.7 Å². The number of carbonyl (C=O) groups is 1. The molecule has 0 radical (unpaired) electrons. The van der Waals surface area contributed by atoms with Crippen molar-refractivity contribution in [1.29, 1.82) is 0 Å². The minimum atomic E-state index is -4.48. The number of hydrogen-bond acceptors (Lipinski definition) is 5. The predicted molar refractivity (Wildman–Crippen MR) is 102 cm³/mol. The maximum absolute atomic E-state index is 12.9. The van der Waals surface area contributed by atoms with E-state index >= 15 is 0 Å². The zero-order chi connectivity index (χ0) is 20.3. The Morgan fingerprint density at radius 3 is 2.75 bits per heavy atom. The first kappa shape index (κ1) is 19.8. The van der Waals surface area contributed by atoms with E-state index in [1.54, 1.807) is 25.1 Å². The van der Waals surface area contributed by atoms with Crippen LogP contribution in [0.15, 0.2) is 52.4 Å². The number of nitrogens with zero attached hydrogens (tertiary/aromatic N) is 1. The number of nitrogens with one attached hydrogen (secondary N) is 1. The van der Waals surface area contributed by atoms with E-state index in [0.717, 1.165) is 23.9 Å². The van der Waals surface area contributed by atoms with E-state index in [9.17, 15) is 23.1 Å². The second-order valence-corrected chi connectivity index (χ2v) is 6.71. The SMILES string of the molecule is CCOc1cc(/C=C2\SC(=O)NC2=Nc2cccc(C(F)(F)F)c2)ccc1O. The number of amides is 1. The van der Waals surface area contributed by atoms with Crippen molar-refractivity contribution in [3.8, 4) is 11.5 Å². The Morgan fingerprint density at radius 1 is 1.25 bits per heavy atom. The number of benzene rings is 2. The van der Waals surface area contributed by atoms with Crippen LogP contribution in [0.2, 0.25) is 0 Å². The lowest BCUT2D eigenvalue weighted by Gasteiger charge is -2.08. The molecule has 2 aromatic rings. The van der Waals surface area contributed by atoms with Crippen LogP contribution in [-0.4, -0.2) is 22.8 Å². The van der Waals surface area contributed by atoms with Gasteiger partial charge in [0.25, 0.3) is 5.24 Å². The lowest BCUT2D eigenvalue weighted by atomic mass is 10.2. The Hall–Kier alpha value is -2.94. The van der Waals surface area contributed by atoms with Crippen LogP contribution in [0.3, 0.4) is 0 Å². The highest BCUT2D eigenvalue weighted by Crippen LogP contribution is 2.34. The Morgan fingerprint density at radius 2 is 2.04 bits per heavy atom. The zero-order valence-corrected chi connectivity index (χ0v) is 15.4. The number of phenols is 1. The second kappa shape index (κ2) is 7.97. The van der Waals surface area contributed by atoms with Gasteiger partial charge in [0, 0.05) is 0 Å². The summed E-state index contributed by atoms with van der Waals surface area (Å²) in [6.07, 6.45) is -2.85. The molecule has 146 valence electrons. The summed E-state index contributed by atoms with van der Waals surface area (Å²) in [4.78, 5) is 16.4. The van der Waals surface area contributed by atoms with E-state index in [0.29, 0.717) is 17.1 Å². The van der Waals surface area contributed by atoms with Crippen molar-refractivity contribution in [3.05, 3.63) is 58.5 Å². The highest BCUT2D eigenvalue weighted by atomic mass is 32.2. The molecule has 1 aliphatic rings. The molecule has 1 aliphatic heterocycles. The van der Waals surface area contributed by atoms with Crippen LogP contribution in [0, 0.1) is 0 Å². The Kier molecular flexibility index (Phi) is 5.64. The van der Waals surface area contributed by atoms with Gasteiger partial charge < -0.3 is 15.2 Å². The van der Waals surface area contributed by atoms with Gasteiger partial charge in [-0.05, 0) is 60.7 Å². The number of aromatic hydroxyl groups is 1. The highest BCUT2D eigenvalue weighted by molar-refractivity contribution is 8.18. The molecule has 1 saturated heterocycles. The summed E-state index contributed by atoms with van der Waals surface area (Å²) in [6.45, 7) is 2.14. The van der Waals surface area contributed by atoms with Gasteiger partial charge in [-0.15, -0.1) is 0 Å². The number of alkyl halides is 3. The molecule has 0 spiro atoms. The molecule has 0 atom stereocenters. The summed E-state index contributed by atoms with van der Waals surface area (Å²) in [5, 5.41) is 11.9. The first-order valence-corrected chi connectivity index (χ1v) is 9.00. The number of phenolic OH excluding ortho intramolecular Hbond substituents is 1. The molecule has 3 rings (SSSR count). The van der Waals surface area contributed by atoms with E-state index in [-0.39, 0.29) is 28.3 Å². The number of halogens is 3. The zero-order valence-electron chi connectivity index (χ0n) is 14.6. The van der Waals surface area contributed by atoms with Crippen LogP contribution in [0.1, 0.15) is 18.1 Å². The Balaban J connectivity index is 1.96. The van der Waals surface area contributed by atoms with Crippen molar-refractivity contribution in [1.82, 2.24) is 5.32 Å². The molecule has 1 fully saturated rings. The third-order valence-electron chi connectivity index (χ3n) is 3.65. The maximum atomic E-state index is 12.9. The number of aliphatic imine (C=N–C) groups is 1. The fourth-order valence-corrected chi connectivity index (χ4v) is 3.17. The van der Waals surface area contributed by atoms with Gasteiger partial charge in [0.2, 0.25) is 0 Å². The molecule has 28 heavy (non-hydrogen) atoms. The van der Waals surface area contributed by atoms with Gasteiger partial charge in [0.15, 0.2) is 11.5 Å². The minimum absolute atomic E-state index is 0.0184. The first-order valence-electron chi connectivity index (χ1n) is 8.19. The van der Waals surface area contributed by atoms with Gasteiger partial charge in [-0.2, -0.15) is 13.2 Å². The van der Waals surface area contributed by atoms with Crippen molar-refractivity contribution < 1.29 is 27.8 Å². The lowest BCUT2D eigenvalue weighted by Crippen LogP contribution is -2.18. The van der Waals surface area contributed by atoms with Crippen molar-refractivity contribution in [3.63, 3.8) is 0 Å². The molecule has 1 amide bonds. The Labute approximate surface area is 162 Å². The fraction of sp³-hybridized carbons (Fsp3) is 0.158. The maximum Gasteiger partial charge on any atom is 0.416 e. The minimum Gasteiger partial charge on any atom is -0.504 e. The van der Waals surface area contributed by atoms with Crippen molar-refractivity contribution in [2.75, 3.05) is 6.61 Å². The molecule has 0 aliphatic carbocycles. The van der Waals surface area contributed by atoms with E-state index in [2.05, 4.69) is 10.3 Å². The average molecular weight is 408 g/mol. The number of ether oxygens (including phenoxy) is 1. The first-order chi connectivity index (χ1) is 13.3. The quantitative estimate of drug-likeness (QED) is 0.717. The summed E-state index contributed by atoms with van der Waals surface area (Å²) < 4.78 is 43.9. The summed E-state index contributed by atoms with van der Waals surface area (Å²) in [7, 11) is 0. The fourth-order valence-electron chi connectivity index (χ4n) is 2.44. The normalized spacial score (nSPS) is 17.2. The van der Waals surface area contributed by atoms with Gasteiger partial charge in [-0.25, -0.2) is 4.99 Å². The number of carbonyl (C=O) groups excluding carboxylic acids is 1. The number of thioether (sulfide) groups is 1. The van der Waals surface area contributed by atoms with Gasteiger partial charge >= 0.3 is 6.18 Å². The molecule has 2 N–H and O–H groups in total. The molecule has 0 bridgehead atoms. The van der Waals surface area contributed by atoms with Crippen molar-refractivity contribution in [2.24, 2.45) is 4.99 Å².